The molecule has 1 aromatic heterocycles. The number of carbonyl (C=O) groups excluding carboxylic acids is 1. The molecule has 1 aliphatic rings. The molecule has 0 spiro atoms. The van der Waals surface area contributed by atoms with Crippen LogP contribution in [0.25, 0.3) is 6.08 Å². The number of H-pyrrole nitrogens is 1. The summed E-state index contributed by atoms with van der Waals surface area (Å²) in [6.45, 7) is 3.33. The van der Waals surface area contributed by atoms with Crippen LogP contribution in [0.1, 0.15) is 37.4 Å². The maximum absolute atomic E-state index is 12.3. The second kappa shape index (κ2) is 6.83. The third kappa shape index (κ3) is 3.13. The van der Waals surface area contributed by atoms with Crippen LogP contribution in [0.5, 0.6) is 0 Å². The lowest BCUT2D eigenvalue weighted by Gasteiger charge is -2.08. The molecule has 1 fully saturated rings. The lowest BCUT2D eigenvalue weighted by atomic mass is 10.2. The molecule has 0 unspecified atom stereocenters. The van der Waals surface area contributed by atoms with Crippen molar-refractivity contribution in [1.29, 1.82) is 5.26 Å². The summed E-state index contributed by atoms with van der Waals surface area (Å²) in [6, 6.07) is 1.34. The summed E-state index contributed by atoms with van der Waals surface area (Å²) in [7, 11) is 1.96. The minimum absolute atomic E-state index is 0.0606. The fourth-order valence-corrected chi connectivity index (χ4v) is 2.27. The van der Waals surface area contributed by atoms with Gasteiger partial charge in [0, 0.05) is 20.1 Å². The molecule has 2 heterocycles. The van der Waals surface area contributed by atoms with E-state index in [1.165, 1.54) is 6.08 Å². The number of allylic oxidation sites excluding steroid dienone is 1. The summed E-state index contributed by atoms with van der Waals surface area (Å²) in [5.41, 5.74) is 3.72. The van der Waals surface area contributed by atoms with Gasteiger partial charge in [-0.15, -0.1) is 0 Å². The van der Waals surface area contributed by atoms with Gasteiger partial charge in [0.1, 0.15) is 11.8 Å². The van der Waals surface area contributed by atoms with Crippen LogP contribution in [-0.4, -0.2) is 40.8 Å². The van der Waals surface area contributed by atoms with Gasteiger partial charge in [-0.3, -0.25) is 9.89 Å². The van der Waals surface area contributed by atoms with Crippen molar-refractivity contribution in [1.82, 2.24) is 20.0 Å². The number of amides is 1. The topological polar surface area (TPSA) is 93.9 Å². The molecule has 116 valence electrons. The summed E-state index contributed by atoms with van der Waals surface area (Å²) < 4.78 is 0.824. The fourth-order valence-electron chi connectivity index (χ4n) is 2.27. The summed E-state index contributed by atoms with van der Waals surface area (Å²) >= 11 is 0. The minimum Gasteiger partial charge on any atom is -0.372 e. The molecule has 0 aromatic carbocycles. The highest BCUT2D eigenvalue weighted by atomic mass is 16.2. The molecule has 22 heavy (non-hydrogen) atoms. The zero-order valence-electron chi connectivity index (χ0n) is 12.8. The van der Waals surface area contributed by atoms with Gasteiger partial charge in [-0.05, 0) is 25.3 Å². The lowest BCUT2D eigenvalue weighted by molar-refractivity contribution is 0.239. The first-order valence-electron chi connectivity index (χ1n) is 7.28. The van der Waals surface area contributed by atoms with Crippen molar-refractivity contribution >= 4 is 12.1 Å². The average molecular weight is 301 g/mol. The maximum atomic E-state index is 12.3. The highest BCUT2D eigenvalue weighted by Gasteiger charge is 2.17. The molecule has 0 radical (unpaired) electrons. The third-order valence-electron chi connectivity index (χ3n) is 3.52. The highest BCUT2D eigenvalue weighted by molar-refractivity contribution is 5.76. The average Bonchev–Trinajstić information content (AvgIpc) is 3.06. The van der Waals surface area contributed by atoms with Crippen molar-refractivity contribution in [2.24, 2.45) is 0 Å². The first-order chi connectivity index (χ1) is 10.6. The number of nitrogens with zero attached hydrogens (tertiary/aromatic N) is 3. The second-order valence-electron chi connectivity index (χ2n) is 5.15. The number of carbonyl (C=O) groups is 1. The number of hydrogen-bond donors (Lipinski definition) is 2. The van der Waals surface area contributed by atoms with Gasteiger partial charge in [0.2, 0.25) is 0 Å². The predicted molar refractivity (Wildman–Crippen MR) is 82.2 cm³/mol. The number of rotatable bonds is 3. The van der Waals surface area contributed by atoms with E-state index in [0.29, 0.717) is 6.54 Å². The van der Waals surface area contributed by atoms with Crippen molar-refractivity contribution in [3.05, 3.63) is 33.0 Å². The van der Waals surface area contributed by atoms with E-state index in [4.69, 9.17) is 5.26 Å². The Hall–Kier alpha value is -2.71. The zero-order valence-corrected chi connectivity index (χ0v) is 12.8. The number of nitrogens with one attached hydrogen (secondary N) is 2. The molecule has 1 aromatic rings. The van der Waals surface area contributed by atoms with Gasteiger partial charge in [-0.2, -0.15) is 9.94 Å². The Morgan fingerprint density at radius 1 is 1.55 bits per heavy atom. The Bertz CT molecular complexity index is 728. The lowest BCUT2D eigenvalue weighted by Crippen LogP contribution is -2.36. The van der Waals surface area contributed by atoms with Crippen molar-refractivity contribution in [2.45, 2.75) is 26.2 Å². The van der Waals surface area contributed by atoms with Crippen LogP contribution >= 0.6 is 0 Å². The van der Waals surface area contributed by atoms with Crippen molar-refractivity contribution in [3.8, 4) is 6.07 Å². The van der Waals surface area contributed by atoms with E-state index in [9.17, 15) is 9.59 Å². The number of likely N-dealkylation sites (tertiary alicyclic amines) is 1. The number of aromatic amines is 1. The van der Waals surface area contributed by atoms with Crippen molar-refractivity contribution in [3.63, 3.8) is 0 Å². The minimum atomic E-state index is -0.561. The van der Waals surface area contributed by atoms with Crippen LogP contribution in [0.3, 0.4) is 0 Å². The quantitative estimate of drug-likeness (QED) is 0.821. The van der Waals surface area contributed by atoms with E-state index in [1.54, 1.807) is 0 Å². The molecule has 2 rings (SSSR count). The van der Waals surface area contributed by atoms with Crippen LogP contribution in [0.15, 0.2) is 16.2 Å². The Kier molecular flexibility index (Phi) is 4.87. The normalized spacial score (nSPS) is 13.7. The standard InChI is InChI=1S/C15H19N5O2/c1-3-8-17-15(22)20-14(21)12(13(10-16)18-20)7-6-11-5-4-9-19(11)2/h7,18H,3-5,8-9H2,1-2H3,(H,17,22). The molecule has 2 N–H and O–H groups in total. The van der Waals surface area contributed by atoms with E-state index in [2.05, 4.69) is 21.0 Å². The molecule has 0 saturated carbocycles. The first kappa shape index (κ1) is 15.7. The third-order valence-corrected chi connectivity index (χ3v) is 3.52. The summed E-state index contributed by atoms with van der Waals surface area (Å²) in [5, 5.41) is 14.3. The molecular formula is C15H19N5O2. The van der Waals surface area contributed by atoms with Crippen LogP contribution in [0.4, 0.5) is 4.79 Å². The van der Waals surface area contributed by atoms with Gasteiger partial charge in [0.15, 0.2) is 0 Å². The molecule has 7 nitrogen and oxygen atoms in total. The Morgan fingerprint density at radius 2 is 2.32 bits per heavy atom. The maximum Gasteiger partial charge on any atom is 0.343 e. The molecule has 7 heteroatoms. The number of aromatic nitrogens is 2. The van der Waals surface area contributed by atoms with Crippen LogP contribution < -0.4 is 10.9 Å². The molecular weight excluding hydrogens is 282 g/mol. The second-order valence-corrected chi connectivity index (χ2v) is 5.15. The van der Waals surface area contributed by atoms with E-state index in [0.717, 1.165) is 36.2 Å². The van der Waals surface area contributed by atoms with Crippen molar-refractivity contribution in [2.75, 3.05) is 20.1 Å². The number of hydrogen-bond acceptors (Lipinski definition) is 4. The Morgan fingerprint density at radius 3 is 2.91 bits per heavy atom. The molecule has 1 aliphatic heterocycles. The molecule has 0 aliphatic carbocycles. The van der Waals surface area contributed by atoms with Gasteiger partial charge >= 0.3 is 6.03 Å². The van der Waals surface area contributed by atoms with Crippen molar-refractivity contribution < 1.29 is 4.79 Å². The van der Waals surface area contributed by atoms with Gasteiger partial charge in [0.25, 0.3) is 5.56 Å². The van der Waals surface area contributed by atoms with Crippen LogP contribution in [0, 0.1) is 11.3 Å². The van der Waals surface area contributed by atoms with Gasteiger partial charge < -0.3 is 10.2 Å². The molecule has 1 amide bonds. The fraction of sp³-hybridized carbons (Fsp3) is 0.467. The van der Waals surface area contributed by atoms with E-state index in [-0.39, 0.29) is 11.3 Å². The van der Waals surface area contributed by atoms with Crippen LogP contribution in [0.2, 0.25) is 0 Å². The largest absolute Gasteiger partial charge is 0.372 e. The van der Waals surface area contributed by atoms with Gasteiger partial charge in [-0.1, -0.05) is 12.7 Å². The molecule has 0 bridgehead atoms. The highest BCUT2D eigenvalue weighted by Crippen LogP contribution is 2.17. The smallest absolute Gasteiger partial charge is 0.343 e. The van der Waals surface area contributed by atoms with E-state index >= 15 is 0 Å². The zero-order chi connectivity index (χ0) is 16.1. The van der Waals surface area contributed by atoms with E-state index in [1.807, 2.05) is 20.0 Å². The van der Waals surface area contributed by atoms with E-state index < -0.39 is 11.6 Å². The summed E-state index contributed by atoms with van der Waals surface area (Å²) in [4.78, 5) is 26.2. The predicted octanol–water partition coefficient (Wildman–Crippen LogP) is 1.24. The monoisotopic (exact) mass is 301 g/mol. The molecule has 1 saturated heterocycles. The van der Waals surface area contributed by atoms with Gasteiger partial charge in [-0.25, -0.2) is 4.79 Å². The van der Waals surface area contributed by atoms with Crippen LogP contribution in [-0.2, 0) is 0 Å². The molecule has 0 atom stereocenters. The summed E-state index contributed by atoms with van der Waals surface area (Å²) in [6.07, 6.45) is 4.19. The Labute approximate surface area is 128 Å². The SMILES string of the molecule is CCCNC(=O)n1[nH]c(C#N)c(C=C=C2CCCN2C)c1=O. The van der Waals surface area contributed by atoms with Gasteiger partial charge in [0.05, 0.1) is 11.3 Å². The number of nitriles is 1. The first-order valence-corrected chi connectivity index (χ1v) is 7.28. The Balaban J connectivity index is 2.38. The summed E-state index contributed by atoms with van der Waals surface area (Å²) in [5.74, 6) is 0.